The molecule has 0 radical (unpaired) electrons. The zero-order chi connectivity index (χ0) is 9.10. The van der Waals surface area contributed by atoms with Crippen LogP contribution < -0.4 is 5.32 Å². The molecular formula is C10H12ClNS. The normalized spacial score (nSPS) is 17.0. The van der Waals surface area contributed by atoms with Crippen LogP contribution in [0.4, 0.5) is 0 Å². The Morgan fingerprint density at radius 1 is 1.54 bits per heavy atom. The molecule has 0 amide bonds. The van der Waals surface area contributed by atoms with Gasteiger partial charge in [-0.1, -0.05) is 17.7 Å². The lowest BCUT2D eigenvalue weighted by Crippen LogP contribution is -2.15. The number of hydrogen-bond acceptors (Lipinski definition) is 2. The van der Waals surface area contributed by atoms with Crippen LogP contribution in [0, 0.1) is 0 Å². The molecule has 1 aromatic rings. The largest absolute Gasteiger partial charge is 0.311 e. The molecule has 0 atom stereocenters. The van der Waals surface area contributed by atoms with Crippen LogP contribution in [-0.2, 0) is 0 Å². The fourth-order valence-electron chi connectivity index (χ4n) is 1.12. The van der Waals surface area contributed by atoms with Crippen molar-refractivity contribution in [2.24, 2.45) is 0 Å². The fraction of sp³-hybridized carbons (Fsp3) is 0.400. The second kappa shape index (κ2) is 4.27. The molecule has 70 valence electrons. The SMILES string of the molecule is Clc1ccc(C=CCNC2CC2)s1. The maximum Gasteiger partial charge on any atom is 0.0934 e. The van der Waals surface area contributed by atoms with Crippen LogP contribution in [0.1, 0.15) is 17.7 Å². The molecule has 3 heteroatoms. The Balaban J connectivity index is 1.75. The fourth-order valence-corrected chi connectivity index (χ4v) is 2.11. The van der Waals surface area contributed by atoms with Crippen LogP contribution >= 0.6 is 22.9 Å². The summed E-state index contributed by atoms with van der Waals surface area (Å²) in [5.41, 5.74) is 0. The van der Waals surface area contributed by atoms with E-state index in [9.17, 15) is 0 Å². The molecule has 0 unspecified atom stereocenters. The van der Waals surface area contributed by atoms with Gasteiger partial charge in [-0.15, -0.1) is 11.3 Å². The van der Waals surface area contributed by atoms with Crippen molar-refractivity contribution in [2.75, 3.05) is 6.54 Å². The summed E-state index contributed by atoms with van der Waals surface area (Å²) in [6.45, 7) is 0.972. The molecule has 1 N–H and O–H groups in total. The van der Waals surface area contributed by atoms with Crippen molar-refractivity contribution in [1.82, 2.24) is 5.32 Å². The van der Waals surface area contributed by atoms with Crippen molar-refractivity contribution in [1.29, 1.82) is 0 Å². The molecule has 1 aliphatic carbocycles. The molecule has 13 heavy (non-hydrogen) atoms. The Bertz CT molecular complexity index is 302. The summed E-state index contributed by atoms with van der Waals surface area (Å²) < 4.78 is 0.856. The number of nitrogens with one attached hydrogen (secondary N) is 1. The van der Waals surface area contributed by atoms with Crippen LogP contribution in [0.15, 0.2) is 18.2 Å². The predicted molar refractivity (Wildman–Crippen MR) is 59.4 cm³/mol. The third-order valence-corrected chi connectivity index (χ3v) is 3.17. The van der Waals surface area contributed by atoms with Crippen molar-refractivity contribution in [2.45, 2.75) is 18.9 Å². The molecule has 2 rings (SSSR count). The third-order valence-electron chi connectivity index (χ3n) is 1.98. The zero-order valence-electron chi connectivity index (χ0n) is 7.29. The van der Waals surface area contributed by atoms with E-state index in [0.717, 1.165) is 16.9 Å². The molecule has 0 aliphatic heterocycles. The lowest BCUT2D eigenvalue weighted by molar-refractivity contribution is 0.754. The third kappa shape index (κ3) is 3.14. The standard InChI is InChI=1S/C10H12ClNS/c11-10-6-5-9(13-10)2-1-7-12-8-3-4-8/h1-2,5-6,8,12H,3-4,7H2. The van der Waals surface area contributed by atoms with E-state index in [1.165, 1.54) is 17.7 Å². The van der Waals surface area contributed by atoms with Crippen LogP contribution in [0.2, 0.25) is 4.34 Å². The van der Waals surface area contributed by atoms with Gasteiger partial charge in [-0.2, -0.15) is 0 Å². The molecule has 0 bridgehead atoms. The first kappa shape index (κ1) is 9.25. The summed E-state index contributed by atoms with van der Waals surface area (Å²) in [4.78, 5) is 1.22. The molecule has 1 aliphatic rings. The van der Waals surface area contributed by atoms with E-state index in [1.807, 2.05) is 12.1 Å². The number of rotatable bonds is 4. The van der Waals surface area contributed by atoms with Gasteiger partial charge < -0.3 is 5.32 Å². The van der Waals surface area contributed by atoms with E-state index in [1.54, 1.807) is 11.3 Å². The summed E-state index contributed by atoms with van der Waals surface area (Å²) in [5.74, 6) is 0. The Kier molecular flexibility index (Phi) is 3.04. The van der Waals surface area contributed by atoms with Crippen molar-refractivity contribution >= 4 is 29.0 Å². The van der Waals surface area contributed by atoms with Gasteiger partial charge in [-0.25, -0.2) is 0 Å². The minimum atomic E-state index is 0.788. The predicted octanol–water partition coefficient (Wildman–Crippen LogP) is 3.17. The molecule has 0 saturated heterocycles. The molecule has 0 spiro atoms. The van der Waals surface area contributed by atoms with Gasteiger partial charge in [0.1, 0.15) is 0 Å². The second-order valence-electron chi connectivity index (χ2n) is 3.23. The van der Waals surface area contributed by atoms with E-state index in [2.05, 4.69) is 17.5 Å². The number of thiophene rings is 1. The minimum Gasteiger partial charge on any atom is -0.311 e. The maximum atomic E-state index is 5.80. The van der Waals surface area contributed by atoms with E-state index in [-0.39, 0.29) is 0 Å². The van der Waals surface area contributed by atoms with E-state index in [0.29, 0.717) is 0 Å². The van der Waals surface area contributed by atoms with Gasteiger partial charge in [0.05, 0.1) is 4.34 Å². The highest BCUT2D eigenvalue weighted by atomic mass is 35.5. The van der Waals surface area contributed by atoms with Crippen LogP contribution in [0.25, 0.3) is 6.08 Å². The van der Waals surface area contributed by atoms with Gasteiger partial charge in [0.15, 0.2) is 0 Å². The average Bonchev–Trinajstić information content (AvgIpc) is 2.84. The lowest BCUT2D eigenvalue weighted by atomic mass is 10.4. The highest BCUT2D eigenvalue weighted by molar-refractivity contribution is 7.16. The number of halogens is 1. The summed E-state index contributed by atoms with van der Waals surface area (Å²) in [5, 5.41) is 3.42. The van der Waals surface area contributed by atoms with Crippen molar-refractivity contribution in [3.05, 3.63) is 27.4 Å². The molecule has 1 saturated carbocycles. The van der Waals surface area contributed by atoms with E-state index in [4.69, 9.17) is 11.6 Å². The highest BCUT2D eigenvalue weighted by Gasteiger charge is 2.18. The summed E-state index contributed by atoms with van der Waals surface area (Å²) in [7, 11) is 0. The van der Waals surface area contributed by atoms with E-state index < -0.39 is 0 Å². The van der Waals surface area contributed by atoms with Gasteiger partial charge in [-0.05, 0) is 31.1 Å². The van der Waals surface area contributed by atoms with Gasteiger partial charge in [-0.3, -0.25) is 0 Å². The van der Waals surface area contributed by atoms with Gasteiger partial charge >= 0.3 is 0 Å². The number of hydrogen-bond donors (Lipinski definition) is 1. The van der Waals surface area contributed by atoms with Crippen molar-refractivity contribution < 1.29 is 0 Å². The van der Waals surface area contributed by atoms with Crippen LogP contribution in [-0.4, -0.2) is 12.6 Å². The smallest absolute Gasteiger partial charge is 0.0934 e. The highest BCUT2D eigenvalue weighted by Crippen LogP contribution is 2.22. The summed E-state index contributed by atoms with van der Waals surface area (Å²) in [6.07, 6.45) is 6.96. The Morgan fingerprint density at radius 3 is 3.00 bits per heavy atom. The molecular weight excluding hydrogens is 202 g/mol. The first-order valence-corrected chi connectivity index (χ1v) is 5.69. The Morgan fingerprint density at radius 2 is 2.38 bits per heavy atom. The van der Waals surface area contributed by atoms with E-state index >= 15 is 0 Å². The van der Waals surface area contributed by atoms with Gasteiger partial charge in [0.2, 0.25) is 0 Å². The molecule has 1 fully saturated rings. The average molecular weight is 214 g/mol. The first-order valence-electron chi connectivity index (χ1n) is 4.50. The monoisotopic (exact) mass is 213 g/mol. The van der Waals surface area contributed by atoms with Gasteiger partial charge in [0.25, 0.3) is 0 Å². The Labute approximate surface area is 87.4 Å². The van der Waals surface area contributed by atoms with Crippen molar-refractivity contribution in [3.63, 3.8) is 0 Å². The van der Waals surface area contributed by atoms with Crippen molar-refractivity contribution in [3.8, 4) is 0 Å². The second-order valence-corrected chi connectivity index (χ2v) is 4.97. The maximum absolute atomic E-state index is 5.80. The zero-order valence-corrected chi connectivity index (χ0v) is 8.87. The summed E-state index contributed by atoms with van der Waals surface area (Å²) in [6, 6.07) is 4.76. The molecule has 1 nitrogen and oxygen atoms in total. The topological polar surface area (TPSA) is 12.0 Å². The first-order chi connectivity index (χ1) is 6.34. The van der Waals surface area contributed by atoms with Crippen LogP contribution in [0.3, 0.4) is 0 Å². The molecule has 1 heterocycles. The molecule has 1 aromatic heterocycles. The van der Waals surface area contributed by atoms with Crippen LogP contribution in [0.5, 0.6) is 0 Å². The minimum absolute atomic E-state index is 0.788. The molecule has 0 aromatic carbocycles. The lowest BCUT2D eigenvalue weighted by Gasteiger charge is -1.93. The Hall–Kier alpha value is -0.310. The summed E-state index contributed by atoms with van der Waals surface area (Å²) >= 11 is 7.42. The quantitative estimate of drug-likeness (QED) is 0.810. The van der Waals surface area contributed by atoms with Gasteiger partial charge in [0, 0.05) is 17.5 Å².